The Labute approximate surface area is 78.7 Å². The van der Waals surface area contributed by atoms with Gasteiger partial charge in [-0.1, -0.05) is 19.3 Å². The van der Waals surface area contributed by atoms with Crippen molar-refractivity contribution in [3.63, 3.8) is 0 Å². The van der Waals surface area contributed by atoms with Gasteiger partial charge in [0.2, 0.25) is 0 Å². The summed E-state index contributed by atoms with van der Waals surface area (Å²) in [7, 11) is 0. The highest BCUT2D eigenvalue weighted by atomic mass is 32.2. The highest BCUT2D eigenvalue weighted by Gasteiger charge is 2.29. The first kappa shape index (κ1) is 8.85. The zero-order valence-electron chi connectivity index (χ0n) is 7.46. The first-order valence-electron chi connectivity index (χ1n) is 4.99. The Hall–Kier alpha value is 0.270. The molecule has 1 saturated heterocycles. The van der Waals surface area contributed by atoms with Gasteiger partial charge in [0.15, 0.2) is 0 Å². The van der Waals surface area contributed by atoms with Crippen LogP contribution < -0.4 is 11.1 Å². The molecule has 0 aromatic carbocycles. The summed E-state index contributed by atoms with van der Waals surface area (Å²) in [6.45, 7) is 0. The van der Waals surface area contributed by atoms with Crippen LogP contribution in [0.25, 0.3) is 0 Å². The van der Waals surface area contributed by atoms with Crippen LogP contribution in [0.15, 0.2) is 0 Å². The van der Waals surface area contributed by atoms with Gasteiger partial charge in [0.1, 0.15) is 5.50 Å². The molecule has 0 aromatic heterocycles. The minimum atomic E-state index is 0.205. The van der Waals surface area contributed by atoms with Gasteiger partial charge in [0.05, 0.1) is 0 Å². The fraction of sp³-hybridized carbons (Fsp3) is 1.00. The predicted octanol–water partition coefficient (Wildman–Crippen LogP) is 1.51. The minimum Gasteiger partial charge on any atom is -0.307 e. The van der Waals surface area contributed by atoms with Gasteiger partial charge < -0.3 is 5.73 Å². The van der Waals surface area contributed by atoms with Gasteiger partial charge in [-0.15, -0.1) is 11.8 Å². The maximum atomic E-state index is 5.78. The standard InChI is InChI=1S/C9H18N2S/c10-9-11-8(6-12-9)7-4-2-1-3-5-7/h7-9,11H,1-6,10H2. The Balaban J connectivity index is 1.83. The fourth-order valence-corrected chi connectivity index (χ4v) is 3.38. The molecule has 2 aliphatic rings. The maximum Gasteiger partial charge on any atom is 0.103 e. The number of hydrogen-bond donors (Lipinski definition) is 2. The molecule has 2 unspecified atom stereocenters. The van der Waals surface area contributed by atoms with Crippen molar-refractivity contribution >= 4 is 11.8 Å². The van der Waals surface area contributed by atoms with Gasteiger partial charge in [-0.3, -0.25) is 5.32 Å². The van der Waals surface area contributed by atoms with Crippen molar-refractivity contribution in [3.8, 4) is 0 Å². The lowest BCUT2D eigenvalue weighted by atomic mass is 9.84. The Morgan fingerprint density at radius 1 is 1.17 bits per heavy atom. The van der Waals surface area contributed by atoms with Crippen LogP contribution in [0, 0.1) is 5.92 Å². The third-order valence-electron chi connectivity index (χ3n) is 3.05. The average Bonchev–Trinajstić information content (AvgIpc) is 2.54. The summed E-state index contributed by atoms with van der Waals surface area (Å²) < 4.78 is 0. The molecule has 2 nitrogen and oxygen atoms in total. The first-order chi connectivity index (χ1) is 5.86. The van der Waals surface area contributed by atoms with Crippen LogP contribution in [0.4, 0.5) is 0 Å². The Kier molecular flexibility index (Phi) is 2.94. The van der Waals surface area contributed by atoms with Crippen LogP contribution in [-0.4, -0.2) is 17.3 Å². The predicted molar refractivity (Wildman–Crippen MR) is 53.9 cm³/mol. The second kappa shape index (κ2) is 3.99. The molecule has 2 rings (SSSR count). The van der Waals surface area contributed by atoms with Crippen molar-refractivity contribution in [3.05, 3.63) is 0 Å². The van der Waals surface area contributed by atoms with Gasteiger partial charge >= 0.3 is 0 Å². The zero-order chi connectivity index (χ0) is 8.39. The van der Waals surface area contributed by atoms with Crippen LogP contribution in [0.1, 0.15) is 32.1 Å². The summed E-state index contributed by atoms with van der Waals surface area (Å²) in [6, 6.07) is 0.713. The highest BCUT2D eigenvalue weighted by molar-refractivity contribution is 8.00. The van der Waals surface area contributed by atoms with E-state index in [1.165, 1.54) is 37.9 Å². The monoisotopic (exact) mass is 186 g/mol. The van der Waals surface area contributed by atoms with E-state index in [0.29, 0.717) is 6.04 Å². The molecule has 3 N–H and O–H groups in total. The number of rotatable bonds is 1. The van der Waals surface area contributed by atoms with E-state index in [1.807, 2.05) is 11.8 Å². The topological polar surface area (TPSA) is 38.0 Å². The van der Waals surface area contributed by atoms with E-state index in [-0.39, 0.29) is 5.50 Å². The Morgan fingerprint density at radius 2 is 1.92 bits per heavy atom. The smallest absolute Gasteiger partial charge is 0.103 e. The molecule has 2 atom stereocenters. The molecule has 3 heteroatoms. The van der Waals surface area contributed by atoms with E-state index in [0.717, 1.165) is 5.92 Å². The van der Waals surface area contributed by atoms with Gasteiger partial charge in [0.25, 0.3) is 0 Å². The first-order valence-corrected chi connectivity index (χ1v) is 6.04. The lowest BCUT2D eigenvalue weighted by Crippen LogP contribution is -2.40. The molecule has 0 aromatic rings. The van der Waals surface area contributed by atoms with Crippen molar-refractivity contribution in [2.45, 2.75) is 43.6 Å². The molecule has 0 bridgehead atoms. The molecule has 12 heavy (non-hydrogen) atoms. The van der Waals surface area contributed by atoms with Crippen LogP contribution in [0.5, 0.6) is 0 Å². The summed E-state index contributed by atoms with van der Waals surface area (Å²) in [5.41, 5.74) is 5.99. The van der Waals surface area contributed by atoms with Crippen LogP contribution in [-0.2, 0) is 0 Å². The van der Waals surface area contributed by atoms with E-state index >= 15 is 0 Å². The number of nitrogens with one attached hydrogen (secondary N) is 1. The third kappa shape index (κ3) is 1.95. The second-order valence-electron chi connectivity index (χ2n) is 3.93. The Morgan fingerprint density at radius 3 is 2.50 bits per heavy atom. The summed E-state index contributed by atoms with van der Waals surface area (Å²) in [5.74, 6) is 2.14. The molecule has 0 amide bonds. The van der Waals surface area contributed by atoms with E-state index in [4.69, 9.17) is 5.73 Å². The second-order valence-corrected chi connectivity index (χ2v) is 5.10. The summed E-state index contributed by atoms with van der Waals surface area (Å²) >= 11 is 1.87. The largest absolute Gasteiger partial charge is 0.307 e. The van der Waals surface area contributed by atoms with Gasteiger partial charge in [-0.2, -0.15) is 0 Å². The molecule has 1 aliphatic heterocycles. The summed E-state index contributed by atoms with van der Waals surface area (Å²) in [5, 5.41) is 3.46. The molecule has 1 aliphatic carbocycles. The Bertz CT molecular complexity index is 143. The molecular formula is C9H18N2S. The molecule has 1 heterocycles. The molecule has 0 spiro atoms. The van der Waals surface area contributed by atoms with Crippen LogP contribution >= 0.6 is 11.8 Å². The fourth-order valence-electron chi connectivity index (χ4n) is 2.32. The quantitative estimate of drug-likeness (QED) is 0.652. The van der Waals surface area contributed by atoms with Crippen molar-refractivity contribution in [2.75, 3.05) is 5.75 Å². The minimum absolute atomic E-state index is 0.205. The summed E-state index contributed by atoms with van der Waals surface area (Å²) in [6.07, 6.45) is 7.16. The number of hydrogen-bond acceptors (Lipinski definition) is 3. The molecule has 70 valence electrons. The lowest BCUT2D eigenvalue weighted by Gasteiger charge is -2.27. The SMILES string of the molecule is NC1NC(C2CCCCC2)CS1. The average molecular weight is 186 g/mol. The molecule has 1 saturated carbocycles. The number of nitrogens with two attached hydrogens (primary N) is 1. The van der Waals surface area contributed by atoms with Gasteiger partial charge in [-0.05, 0) is 18.8 Å². The lowest BCUT2D eigenvalue weighted by molar-refractivity contribution is 0.290. The molecule has 0 radical (unpaired) electrons. The zero-order valence-corrected chi connectivity index (χ0v) is 8.28. The highest BCUT2D eigenvalue weighted by Crippen LogP contribution is 2.31. The molecular weight excluding hydrogens is 168 g/mol. The van der Waals surface area contributed by atoms with Crippen molar-refractivity contribution in [2.24, 2.45) is 11.7 Å². The summed E-state index contributed by atoms with van der Waals surface area (Å²) in [4.78, 5) is 0. The number of thioether (sulfide) groups is 1. The van der Waals surface area contributed by atoms with E-state index in [9.17, 15) is 0 Å². The maximum absolute atomic E-state index is 5.78. The van der Waals surface area contributed by atoms with E-state index in [2.05, 4.69) is 5.32 Å². The van der Waals surface area contributed by atoms with Crippen LogP contribution in [0.2, 0.25) is 0 Å². The van der Waals surface area contributed by atoms with E-state index < -0.39 is 0 Å². The van der Waals surface area contributed by atoms with E-state index in [1.54, 1.807) is 0 Å². The van der Waals surface area contributed by atoms with Gasteiger partial charge in [0, 0.05) is 11.8 Å². The van der Waals surface area contributed by atoms with Crippen molar-refractivity contribution in [1.82, 2.24) is 5.32 Å². The van der Waals surface area contributed by atoms with Crippen molar-refractivity contribution in [1.29, 1.82) is 0 Å². The van der Waals surface area contributed by atoms with Gasteiger partial charge in [-0.25, -0.2) is 0 Å². The normalized spacial score (nSPS) is 38.8. The molecule has 2 fully saturated rings. The van der Waals surface area contributed by atoms with Crippen LogP contribution in [0.3, 0.4) is 0 Å². The third-order valence-corrected chi connectivity index (χ3v) is 4.10. The van der Waals surface area contributed by atoms with Crippen molar-refractivity contribution < 1.29 is 0 Å².